The Bertz CT molecular complexity index is 963. The van der Waals surface area contributed by atoms with Gasteiger partial charge in [0.1, 0.15) is 11.3 Å². The molecule has 0 aliphatic rings. The van der Waals surface area contributed by atoms with Crippen LogP contribution in [0.3, 0.4) is 0 Å². The Morgan fingerprint density at radius 1 is 0.792 bits per heavy atom. The fourth-order valence-electron chi connectivity index (χ4n) is 2.01. The standard InChI is InChI=1S/C15H7F4N3O2/c16-8-10(18)15(24)11(19)9(17)14(8)22-21-13-7(23)4-3-6-2-1-5-20-12(6)13/h1-5,23-24H. The van der Waals surface area contributed by atoms with Gasteiger partial charge in [0.15, 0.2) is 28.8 Å². The lowest BCUT2D eigenvalue weighted by Crippen LogP contribution is -1.95. The van der Waals surface area contributed by atoms with Gasteiger partial charge in [-0.3, -0.25) is 4.98 Å². The number of hydrogen-bond acceptors (Lipinski definition) is 5. The lowest BCUT2D eigenvalue weighted by molar-refractivity contribution is 0.358. The molecule has 3 aromatic rings. The molecule has 122 valence electrons. The molecule has 24 heavy (non-hydrogen) atoms. The van der Waals surface area contributed by atoms with E-state index >= 15 is 0 Å². The minimum Gasteiger partial charge on any atom is -0.506 e. The van der Waals surface area contributed by atoms with Crippen molar-refractivity contribution < 1.29 is 27.8 Å². The minimum atomic E-state index is -2.00. The van der Waals surface area contributed by atoms with E-state index in [1.165, 1.54) is 18.3 Å². The van der Waals surface area contributed by atoms with Crippen LogP contribution in [0.5, 0.6) is 11.5 Å². The summed E-state index contributed by atoms with van der Waals surface area (Å²) in [4.78, 5) is 3.96. The number of phenols is 2. The number of nitrogens with zero attached hydrogens (tertiary/aromatic N) is 3. The Balaban J connectivity index is 2.19. The van der Waals surface area contributed by atoms with Crippen LogP contribution in [0.4, 0.5) is 28.9 Å². The lowest BCUT2D eigenvalue weighted by atomic mass is 10.2. The Labute approximate surface area is 131 Å². The Hall–Kier alpha value is -3.23. The van der Waals surface area contributed by atoms with E-state index in [1.807, 2.05) is 0 Å². The molecule has 9 heteroatoms. The van der Waals surface area contributed by atoms with Gasteiger partial charge < -0.3 is 10.2 Å². The van der Waals surface area contributed by atoms with E-state index in [1.54, 1.807) is 12.1 Å². The van der Waals surface area contributed by atoms with E-state index in [0.29, 0.717) is 5.39 Å². The van der Waals surface area contributed by atoms with Crippen molar-refractivity contribution in [2.75, 3.05) is 0 Å². The number of phenolic OH excluding ortho intramolecular Hbond substituents is 2. The van der Waals surface area contributed by atoms with Crippen LogP contribution < -0.4 is 0 Å². The van der Waals surface area contributed by atoms with Crippen molar-refractivity contribution >= 4 is 22.3 Å². The molecular weight excluding hydrogens is 330 g/mol. The molecule has 0 aliphatic heterocycles. The number of aromatic hydroxyl groups is 2. The Morgan fingerprint density at radius 2 is 1.42 bits per heavy atom. The molecular formula is C15H7F4N3O2. The van der Waals surface area contributed by atoms with Gasteiger partial charge in [-0.05, 0) is 18.2 Å². The number of benzene rings is 2. The molecule has 5 nitrogen and oxygen atoms in total. The van der Waals surface area contributed by atoms with Crippen molar-refractivity contribution in [2.24, 2.45) is 10.2 Å². The fourth-order valence-corrected chi connectivity index (χ4v) is 2.01. The number of azo groups is 1. The van der Waals surface area contributed by atoms with Crippen LogP contribution in [0.25, 0.3) is 10.9 Å². The quantitative estimate of drug-likeness (QED) is 0.407. The van der Waals surface area contributed by atoms with E-state index < -0.39 is 40.5 Å². The average Bonchev–Trinajstić information content (AvgIpc) is 2.59. The van der Waals surface area contributed by atoms with Crippen LogP contribution in [0, 0.1) is 23.3 Å². The van der Waals surface area contributed by atoms with Gasteiger partial charge in [0.25, 0.3) is 0 Å². The SMILES string of the molecule is Oc1ccc2cccnc2c1N=Nc1c(F)c(F)c(O)c(F)c1F. The summed E-state index contributed by atoms with van der Waals surface area (Å²) in [6.45, 7) is 0. The molecule has 0 bridgehead atoms. The third-order valence-electron chi connectivity index (χ3n) is 3.19. The van der Waals surface area contributed by atoms with E-state index in [9.17, 15) is 22.7 Å². The van der Waals surface area contributed by atoms with E-state index in [2.05, 4.69) is 15.2 Å². The van der Waals surface area contributed by atoms with Crippen molar-refractivity contribution in [3.8, 4) is 11.5 Å². The second kappa shape index (κ2) is 5.76. The predicted octanol–water partition coefficient (Wildman–Crippen LogP) is 4.62. The first kappa shape index (κ1) is 15.7. The summed E-state index contributed by atoms with van der Waals surface area (Å²) >= 11 is 0. The molecule has 1 heterocycles. The molecule has 0 fully saturated rings. The zero-order valence-electron chi connectivity index (χ0n) is 11.6. The van der Waals surface area contributed by atoms with Gasteiger partial charge in [0.05, 0.1) is 0 Å². The Kier molecular flexibility index (Phi) is 3.76. The number of aromatic nitrogens is 1. The van der Waals surface area contributed by atoms with Crippen molar-refractivity contribution in [1.82, 2.24) is 4.98 Å². The molecule has 0 spiro atoms. The summed E-state index contributed by atoms with van der Waals surface area (Å²) in [6.07, 6.45) is 1.39. The van der Waals surface area contributed by atoms with Gasteiger partial charge in [-0.25, -0.2) is 8.78 Å². The maximum atomic E-state index is 13.6. The molecule has 0 atom stereocenters. The topological polar surface area (TPSA) is 78.1 Å². The zero-order valence-corrected chi connectivity index (χ0v) is 11.6. The molecule has 0 aliphatic carbocycles. The monoisotopic (exact) mass is 337 g/mol. The molecule has 0 radical (unpaired) electrons. The molecule has 3 rings (SSSR count). The van der Waals surface area contributed by atoms with Crippen molar-refractivity contribution in [3.63, 3.8) is 0 Å². The second-order valence-corrected chi connectivity index (χ2v) is 4.66. The zero-order chi connectivity index (χ0) is 17.4. The lowest BCUT2D eigenvalue weighted by Gasteiger charge is -2.05. The highest BCUT2D eigenvalue weighted by molar-refractivity contribution is 5.91. The molecule has 2 aromatic carbocycles. The number of halogens is 4. The highest BCUT2D eigenvalue weighted by atomic mass is 19.2. The Morgan fingerprint density at radius 3 is 2.08 bits per heavy atom. The maximum absolute atomic E-state index is 13.6. The highest BCUT2D eigenvalue weighted by Crippen LogP contribution is 2.38. The smallest absolute Gasteiger partial charge is 0.206 e. The summed E-state index contributed by atoms with van der Waals surface area (Å²) in [5.74, 6) is -10.0. The number of rotatable bonds is 2. The van der Waals surface area contributed by atoms with Gasteiger partial charge in [0, 0.05) is 11.6 Å². The average molecular weight is 337 g/mol. The van der Waals surface area contributed by atoms with Gasteiger partial charge in [-0.15, -0.1) is 10.2 Å². The summed E-state index contributed by atoms with van der Waals surface area (Å²) in [5.41, 5.74) is -1.45. The predicted molar refractivity (Wildman–Crippen MR) is 75.5 cm³/mol. The van der Waals surface area contributed by atoms with Crippen LogP contribution in [0.15, 0.2) is 40.7 Å². The molecule has 2 N–H and O–H groups in total. The molecule has 0 unspecified atom stereocenters. The van der Waals surface area contributed by atoms with Crippen molar-refractivity contribution in [2.45, 2.75) is 0 Å². The van der Waals surface area contributed by atoms with E-state index in [0.717, 1.165) is 0 Å². The summed E-state index contributed by atoms with van der Waals surface area (Å²) in [5, 5.41) is 25.9. The summed E-state index contributed by atoms with van der Waals surface area (Å²) < 4.78 is 53.9. The van der Waals surface area contributed by atoms with E-state index in [-0.39, 0.29) is 11.2 Å². The minimum absolute atomic E-state index is 0.168. The maximum Gasteiger partial charge on any atom is 0.206 e. The first-order valence-electron chi connectivity index (χ1n) is 6.45. The van der Waals surface area contributed by atoms with Crippen LogP contribution in [0.2, 0.25) is 0 Å². The van der Waals surface area contributed by atoms with Crippen molar-refractivity contribution in [1.29, 1.82) is 0 Å². The number of fused-ring (bicyclic) bond motifs is 1. The number of pyridine rings is 1. The summed E-state index contributed by atoms with van der Waals surface area (Å²) in [6, 6.07) is 6.03. The van der Waals surface area contributed by atoms with Gasteiger partial charge >= 0.3 is 0 Å². The molecule has 0 saturated carbocycles. The van der Waals surface area contributed by atoms with E-state index in [4.69, 9.17) is 5.11 Å². The van der Waals surface area contributed by atoms with Crippen molar-refractivity contribution in [3.05, 3.63) is 53.7 Å². The second-order valence-electron chi connectivity index (χ2n) is 4.66. The van der Waals surface area contributed by atoms with Gasteiger partial charge in [-0.2, -0.15) is 8.78 Å². The first-order valence-corrected chi connectivity index (χ1v) is 6.45. The highest BCUT2D eigenvalue weighted by Gasteiger charge is 2.25. The molecule has 0 amide bonds. The van der Waals surface area contributed by atoms with Crippen LogP contribution in [0.1, 0.15) is 0 Å². The van der Waals surface area contributed by atoms with Crippen LogP contribution >= 0.6 is 0 Å². The van der Waals surface area contributed by atoms with Crippen LogP contribution in [-0.2, 0) is 0 Å². The fraction of sp³-hybridized carbons (Fsp3) is 0. The largest absolute Gasteiger partial charge is 0.506 e. The first-order chi connectivity index (χ1) is 11.4. The number of hydrogen-bond donors (Lipinski definition) is 2. The van der Waals surface area contributed by atoms with Gasteiger partial charge in [-0.1, -0.05) is 6.07 Å². The normalized spacial score (nSPS) is 11.5. The van der Waals surface area contributed by atoms with Gasteiger partial charge in [0.2, 0.25) is 11.6 Å². The molecule has 1 aromatic heterocycles. The third kappa shape index (κ3) is 2.39. The summed E-state index contributed by atoms with van der Waals surface area (Å²) in [7, 11) is 0. The van der Waals surface area contributed by atoms with Crippen LogP contribution in [-0.4, -0.2) is 15.2 Å². The molecule has 0 saturated heterocycles. The third-order valence-corrected chi connectivity index (χ3v) is 3.19.